The first-order valence-electron chi connectivity index (χ1n) is 16.6. The summed E-state index contributed by atoms with van der Waals surface area (Å²) in [6.45, 7) is 0. The van der Waals surface area contributed by atoms with Crippen molar-refractivity contribution in [2.45, 2.75) is 0 Å². The Morgan fingerprint density at radius 2 is 1.08 bits per heavy atom. The maximum atomic E-state index is 6.54. The van der Waals surface area contributed by atoms with Gasteiger partial charge in [-0.05, 0) is 89.0 Å². The van der Waals surface area contributed by atoms with E-state index in [4.69, 9.17) is 9.40 Å². The van der Waals surface area contributed by atoms with Gasteiger partial charge >= 0.3 is 0 Å². The number of fused-ring (bicyclic) bond motifs is 8. The van der Waals surface area contributed by atoms with Gasteiger partial charge in [-0.25, -0.2) is 4.98 Å². The lowest BCUT2D eigenvalue weighted by Crippen LogP contribution is -2.10. The van der Waals surface area contributed by atoms with Gasteiger partial charge in [0.05, 0.1) is 11.0 Å². The number of benzene rings is 8. The summed E-state index contributed by atoms with van der Waals surface area (Å²) in [4.78, 5) is 7.23. The summed E-state index contributed by atoms with van der Waals surface area (Å²) in [5, 5.41) is 6.95. The van der Waals surface area contributed by atoms with Crippen molar-refractivity contribution in [1.82, 2.24) is 9.55 Å². The smallest absolute Gasteiger partial charge is 0.227 e. The van der Waals surface area contributed by atoms with Gasteiger partial charge in [-0.3, -0.25) is 0 Å². The van der Waals surface area contributed by atoms with Crippen LogP contribution in [0.4, 0.5) is 17.1 Å². The summed E-state index contributed by atoms with van der Waals surface area (Å²) in [5.74, 6) is 0.629. The number of nitrogens with zero attached hydrogens (tertiary/aromatic N) is 3. The number of anilines is 3. The topological polar surface area (TPSA) is 34.2 Å². The van der Waals surface area contributed by atoms with Crippen molar-refractivity contribution >= 4 is 71.5 Å². The third-order valence-electron chi connectivity index (χ3n) is 9.56. The first-order chi connectivity index (χ1) is 24.3. The van der Waals surface area contributed by atoms with E-state index in [1.54, 1.807) is 0 Å². The Balaban J connectivity index is 1.19. The fourth-order valence-electron chi connectivity index (χ4n) is 7.35. The van der Waals surface area contributed by atoms with Crippen LogP contribution in [0.3, 0.4) is 0 Å². The zero-order valence-corrected chi connectivity index (χ0v) is 26.5. The van der Waals surface area contributed by atoms with Gasteiger partial charge in [-0.2, -0.15) is 0 Å². The number of rotatable bonds is 5. The second-order valence-electron chi connectivity index (χ2n) is 12.4. The Morgan fingerprint density at radius 3 is 1.86 bits per heavy atom. The predicted molar refractivity (Wildman–Crippen MR) is 203 cm³/mol. The maximum Gasteiger partial charge on any atom is 0.227 e. The minimum Gasteiger partial charge on any atom is -0.435 e. The molecule has 0 unspecified atom stereocenters. The molecule has 10 aromatic rings. The monoisotopic (exact) mass is 627 g/mol. The van der Waals surface area contributed by atoms with Crippen molar-refractivity contribution in [3.05, 3.63) is 176 Å². The Labute approximate surface area is 282 Å². The molecule has 0 saturated carbocycles. The lowest BCUT2D eigenvalue weighted by molar-refractivity contribution is 0.623. The average molecular weight is 628 g/mol. The van der Waals surface area contributed by atoms with Gasteiger partial charge in [0.1, 0.15) is 5.52 Å². The van der Waals surface area contributed by atoms with Crippen molar-refractivity contribution in [1.29, 1.82) is 0 Å². The third kappa shape index (κ3) is 4.42. The lowest BCUT2D eigenvalue weighted by atomic mass is 10.00. The van der Waals surface area contributed by atoms with Crippen molar-refractivity contribution < 1.29 is 4.42 Å². The van der Waals surface area contributed by atoms with E-state index in [9.17, 15) is 0 Å². The highest BCUT2D eigenvalue weighted by molar-refractivity contribution is 6.18. The van der Waals surface area contributed by atoms with Gasteiger partial charge in [0.2, 0.25) is 5.89 Å². The van der Waals surface area contributed by atoms with Gasteiger partial charge in [0.25, 0.3) is 0 Å². The molecular formula is C45H29N3O. The molecule has 0 aliphatic carbocycles. The van der Waals surface area contributed by atoms with Crippen LogP contribution in [0.1, 0.15) is 0 Å². The van der Waals surface area contributed by atoms with Crippen molar-refractivity contribution in [2.75, 3.05) is 4.90 Å². The second kappa shape index (κ2) is 11.0. The van der Waals surface area contributed by atoms with Crippen LogP contribution in [-0.4, -0.2) is 9.55 Å². The number of hydrogen-bond donors (Lipinski definition) is 0. The van der Waals surface area contributed by atoms with Gasteiger partial charge < -0.3 is 13.9 Å². The van der Waals surface area contributed by atoms with E-state index in [1.807, 2.05) is 30.3 Å². The highest BCUT2D eigenvalue weighted by Crippen LogP contribution is 2.41. The Bertz CT molecular complexity index is 2780. The fraction of sp³-hybridized carbons (Fsp3) is 0. The minimum absolute atomic E-state index is 0.629. The van der Waals surface area contributed by atoms with Crippen LogP contribution in [0.5, 0.6) is 0 Å². The zero-order valence-electron chi connectivity index (χ0n) is 26.5. The van der Waals surface area contributed by atoms with Gasteiger partial charge in [-0.1, -0.05) is 103 Å². The van der Waals surface area contributed by atoms with E-state index in [1.165, 1.54) is 21.8 Å². The van der Waals surface area contributed by atoms with Crippen LogP contribution < -0.4 is 4.90 Å². The Morgan fingerprint density at radius 1 is 0.469 bits per heavy atom. The average Bonchev–Trinajstić information content (AvgIpc) is 3.76. The summed E-state index contributed by atoms with van der Waals surface area (Å²) >= 11 is 0. The van der Waals surface area contributed by atoms with E-state index < -0.39 is 0 Å². The molecule has 4 heteroatoms. The fourth-order valence-corrected chi connectivity index (χ4v) is 7.35. The van der Waals surface area contributed by atoms with E-state index in [-0.39, 0.29) is 0 Å². The van der Waals surface area contributed by atoms with E-state index in [2.05, 4.69) is 155 Å². The summed E-state index contributed by atoms with van der Waals surface area (Å²) in [5.41, 5.74) is 9.32. The molecule has 0 atom stereocenters. The van der Waals surface area contributed by atoms with E-state index in [0.717, 1.165) is 61.0 Å². The van der Waals surface area contributed by atoms with Crippen LogP contribution in [0.2, 0.25) is 0 Å². The highest BCUT2D eigenvalue weighted by Gasteiger charge is 2.18. The van der Waals surface area contributed by atoms with Crippen LogP contribution in [0.15, 0.2) is 180 Å². The largest absolute Gasteiger partial charge is 0.435 e. The lowest BCUT2D eigenvalue weighted by Gasteiger charge is -2.26. The summed E-state index contributed by atoms with van der Waals surface area (Å²) in [6, 6.07) is 62.1. The molecule has 0 aliphatic heterocycles. The highest BCUT2D eigenvalue weighted by atomic mass is 16.3. The van der Waals surface area contributed by atoms with Gasteiger partial charge in [-0.15, -0.1) is 0 Å². The Kier molecular flexibility index (Phi) is 6.15. The van der Waals surface area contributed by atoms with Crippen LogP contribution >= 0.6 is 0 Å². The molecule has 2 heterocycles. The molecule has 49 heavy (non-hydrogen) atoms. The van der Waals surface area contributed by atoms with E-state index >= 15 is 0 Å². The summed E-state index contributed by atoms with van der Waals surface area (Å²) in [7, 11) is 0. The molecule has 0 saturated heterocycles. The molecule has 0 amide bonds. The first kappa shape index (κ1) is 27.5. The molecule has 2 aromatic heterocycles. The molecule has 0 bridgehead atoms. The number of oxazole rings is 1. The molecule has 0 aliphatic rings. The van der Waals surface area contributed by atoms with Crippen LogP contribution in [0.25, 0.3) is 71.6 Å². The predicted octanol–water partition coefficient (Wildman–Crippen LogP) is 12.4. The molecule has 0 radical (unpaired) electrons. The van der Waals surface area contributed by atoms with Crippen LogP contribution in [0, 0.1) is 0 Å². The number of hydrogen-bond acceptors (Lipinski definition) is 3. The first-order valence-corrected chi connectivity index (χ1v) is 16.6. The minimum atomic E-state index is 0.629. The maximum absolute atomic E-state index is 6.54. The SMILES string of the molecule is c1ccc(-c2nc3ccc4ccc5ccc(N(c6ccccc6)c6cccc(-n7c8ccccc8c8ccccc87)c6)cc5c4c3o2)cc1. The summed E-state index contributed by atoms with van der Waals surface area (Å²) < 4.78 is 8.92. The van der Waals surface area contributed by atoms with Crippen molar-refractivity contribution in [3.63, 3.8) is 0 Å². The molecule has 0 fully saturated rings. The standard InChI is InChI=1S/C45H29N3O/c1-3-12-32(13-4-1)45-46-40-27-25-31-23-22-30-24-26-36(29-39(30)43(31)44(40)49-45)47(33-14-5-2-6-15-33)34-16-11-17-35(28-34)48-41-20-9-7-18-37(41)38-19-8-10-21-42(38)48/h1-29H. The zero-order chi connectivity index (χ0) is 32.3. The third-order valence-corrected chi connectivity index (χ3v) is 9.56. The van der Waals surface area contributed by atoms with E-state index in [0.29, 0.717) is 5.89 Å². The summed E-state index contributed by atoms with van der Waals surface area (Å²) in [6.07, 6.45) is 0. The molecule has 8 aromatic carbocycles. The molecule has 4 nitrogen and oxygen atoms in total. The van der Waals surface area contributed by atoms with Crippen molar-refractivity contribution in [3.8, 4) is 17.1 Å². The normalized spacial score (nSPS) is 11.7. The van der Waals surface area contributed by atoms with Crippen LogP contribution in [-0.2, 0) is 0 Å². The second-order valence-corrected chi connectivity index (χ2v) is 12.4. The quantitative estimate of drug-likeness (QED) is 0.178. The number of para-hydroxylation sites is 3. The van der Waals surface area contributed by atoms with Gasteiger partial charge in [0, 0.05) is 44.5 Å². The molecule has 10 rings (SSSR count). The number of aromatic nitrogens is 2. The van der Waals surface area contributed by atoms with Gasteiger partial charge in [0.15, 0.2) is 5.58 Å². The molecule has 230 valence electrons. The molecular weight excluding hydrogens is 599 g/mol. The Hall–Kier alpha value is -6.65. The molecule has 0 spiro atoms. The van der Waals surface area contributed by atoms with Crippen molar-refractivity contribution in [2.24, 2.45) is 0 Å². The molecule has 0 N–H and O–H groups in total.